The number of carboxylic acids is 2. The quantitative estimate of drug-likeness (QED) is 0.566. The number of carbonyl (C=O) groups excluding carboxylic acids is 1. The Morgan fingerprint density at radius 3 is 1.94 bits per heavy atom. The molecule has 0 saturated heterocycles. The van der Waals surface area contributed by atoms with Crippen molar-refractivity contribution in [3.8, 4) is 0 Å². The number of ether oxygens (including phenoxy) is 1. The van der Waals surface area contributed by atoms with Crippen molar-refractivity contribution in [1.29, 1.82) is 0 Å². The first kappa shape index (κ1) is 15.9. The van der Waals surface area contributed by atoms with Crippen LogP contribution in [0.1, 0.15) is 19.8 Å². The smallest absolute Gasteiger partial charge is 0.333 e. The minimum absolute atomic E-state index is 0.218. The Balaban J connectivity index is 0.000000331. The summed E-state index contributed by atoms with van der Waals surface area (Å²) in [6, 6.07) is 0. The first-order chi connectivity index (χ1) is 8.38. The van der Waals surface area contributed by atoms with Crippen molar-refractivity contribution in [3.63, 3.8) is 0 Å². The summed E-state index contributed by atoms with van der Waals surface area (Å²) in [6.07, 6.45) is 3.33. The van der Waals surface area contributed by atoms with Crippen LogP contribution in [0.4, 0.5) is 0 Å². The molecule has 0 spiro atoms. The summed E-state index contributed by atoms with van der Waals surface area (Å²) in [4.78, 5) is 30.0. The predicted octanol–water partition coefficient (Wildman–Crippen LogP) is 1.23. The van der Waals surface area contributed by atoms with Crippen molar-refractivity contribution in [2.75, 3.05) is 6.61 Å². The molecule has 2 N–H and O–H groups in total. The molecule has 1 aliphatic rings. The molecule has 1 saturated carbocycles. The zero-order valence-electron chi connectivity index (χ0n) is 10.1. The standard InChI is InChI=1S/C8H12O2.C4H4O4/c1-3-10-8(9)6(2)7-4-5-7;5-3(6)1-2-4(7)8/h7H,2-5H2,1H3;1-2H,(H,5,6)(H,7,8)/b;2-1-. The van der Waals surface area contributed by atoms with E-state index in [1.165, 1.54) is 0 Å². The van der Waals surface area contributed by atoms with Gasteiger partial charge >= 0.3 is 17.9 Å². The summed E-state index contributed by atoms with van der Waals surface area (Å²) in [5.41, 5.74) is 0.654. The molecule has 100 valence electrons. The first-order valence-corrected chi connectivity index (χ1v) is 5.38. The van der Waals surface area contributed by atoms with Crippen molar-refractivity contribution in [2.45, 2.75) is 19.8 Å². The van der Waals surface area contributed by atoms with Crippen molar-refractivity contribution in [1.82, 2.24) is 0 Å². The van der Waals surface area contributed by atoms with E-state index in [0.717, 1.165) is 12.8 Å². The van der Waals surface area contributed by atoms with Gasteiger partial charge in [-0.2, -0.15) is 0 Å². The van der Waals surface area contributed by atoms with Crippen molar-refractivity contribution >= 4 is 17.9 Å². The molecule has 0 heterocycles. The van der Waals surface area contributed by atoms with E-state index < -0.39 is 11.9 Å². The van der Waals surface area contributed by atoms with Gasteiger partial charge in [0.1, 0.15) is 0 Å². The Hall–Kier alpha value is -2.11. The van der Waals surface area contributed by atoms with Crippen LogP contribution in [0.15, 0.2) is 24.3 Å². The molecule has 0 amide bonds. The minimum Gasteiger partial charge on any atom is -0.478 e. The number of aliphatic carboxylic acids is 2. The zero-order chi connectivity index (χ0) is 14.1. The molecule has 6 nitrogen and oxygen atoms in total. The van der Waals surface area contributed by atoms with E-state index in [2.05, 4.69) is 6.58 Å². The Bertz CT molecular complexity index is 349. The van der Waals surface area contributed by atoms with Crippen molar-refractivity contribution in [3.05, 3.63) is 24.3 Å². The number of hydrogen-bond acceptors (Lipinski definition) is 4. The largest absolute Gasteiger partial charge is 0.478 e. The third kappa shape index (κ3) is 8.09. The molecule has 6 heteroatoms. The van der Waals surface area contributed by atoms with E-state index >= 15 is 0 Å². The maximum Gasteiger partial charge on any atom is 0.333 e. The van der Waals surface area contributed by atoms with Gasteiger partial charge in [0, 0.05) is 17.7 Å². The summed E-state index contributed by atoms with van der Waals surface area (Å²) in [5, 5.41) is 15.6. The van der Waals surface area contributed by atoms with Crippen LogP contribution in [-0.4, -0.2) is 34.7 Å². The molecule has 0 atom stereocenters. The fourth-order valence-corrected chi connectivity index (χ4v) is 0.965. The van der Waals surface area contributed by atoms with E-state index in [9.17, 15) is 14.4 Å². The number of carboxylic acid groups (broad SMARTS) is 2. The van der Waals surface area contributed by atoms with Gasteiger partial charge in [-0.25, -0.2) is 14.4 Å². The fraction of sp³-hybridized carbons (Fsp3) is 0.417. The Morgan fingerprint density at radius 1 is 1.22 bits per heavy atom. The molecule has 0 radical (unpaired) electrons. The van der Waals surface area contributed by atoms with Gasteiger partial charge in [0.2, 0.25) is 0 Å². The molecule has 1 rings (SSSR count). The van der Waals surface area contributed by atoms with Crippen LogP contribution in [0, 0.1) is 5.92 Å². The van der Waals surface area contributed by atoms with E-state index in [0.29, 0.717) is 30.2 Å². The van der Waals surface area contributed by atoms with Gasteiger partial charge in [0.15, 0.2) is 0 Å². The second kappa shape index (κ2) is 8.05. The predicted molar refractivity (Wildman–Crippen MR) is 62.9 cm³/mol. The summed E-state index contributed by atoms with van der Waals surface area (Å²) in [5.74, 6) is -2.30. The van der Waals surface area contributed by atoms with E-state index in [1.807, 2.05) is 0 Å². The second-order valence-corrected chi connectivity index (χ2v) is 3.53. The first-order valence-electron chi connectivity index (χ1n) is 5.38. The molecular formula is C12H16O6. The van der Waals surface area contributed by atoms with Gasteiger partial charge in [-0.05, 0) is 25.7 Å². The lowest BCUT2D eigenvalue weighted by molar-refractivity contribution is -0.138. The summed E-state index contributed by atoms with van der Waals surface area (Å²) < 4.78 is 4.77. The molecule has 0 aliphatic heterocycles. The molecule has 0 aromatic rings. The maximum absolute atomic E-state index is 10.9. The highest BCUT2D eigenvalue weighted by molar-refractivity contribution is 5.89. The Kier molecular flexibility index (Phi) is 7.11. The molecule has 0 bridgehead atoms. The van der Waals surface area contributed by atoms with Crippen LogP contribution >= 0.6 is 0 Å². The van der Waals surface area contributed by atoms with Crippen molar-refractivity contribution < 1.29 is 29.3 Å². The van der Waals surface area contributed by atoms with E-state index in [-0.39, 0.29) is 5.97 Å². The molecule has 0 unspecified atom stereocenters. The van der Waals surface area contributed by atoms with Gasteiger partial charge in [-0.15, -0.1) is 0 Å². The van der Waals surface area contributed by atoms with Crippen LogP contribution in [0.3, 0.4) is 0 Å². The van der Waals surface area contributed by atoms with Crippen LogP contribution in [0.5, 0.6) is 0 Å². The average molecular weight is 256 g/mol. The topological polar surface area (TPSA) is 101 Å². The highest BCUT2D eigenvalue weighted by Gasteiger charge is 2.29. The summed E-state index contributed by atoms with van der Waals surface area (Å²) in [6.45, 7) is 5.91. The van der Waals surface area contributed by atoms with Crippen LogP contribution in [0.2, 0.25) is 0 Å². The summed E-state index contributed by atoms with van der Waals surface area (Å²) in [7, 11) is 0. The van der Waals surface area contributed by atoms with Gasteiger partial charge in [0.25, 0.3) is 0 Å². The SMILES string of the molecule is C=C(C(=O)OCC)C1CC1.O=C(O)/C=C\C(=O)O. The van der Waals surface area contributed by atoms with Crippen LogP contribution < -0.4 is 0 Å². The molecular weight excluding hydrogens is 240 g/mol. The molecule has 18 heavy (non-hydrogen) atoms. The molecule has 1 fully saturated rings. The number of carbonyl (C=O) groups is 3. The zero-order valence-corrected chi connectivity index (χ0v) is 10.1. The van der Waals surface area contributed by atoms with Gasteiger partial charge in [-0.3, -0.25) is 0 Å². The minimum atomic E-state index is -1.26. The molecule has 1 aliphatic carbocycles. The number of hydrogen-bond donors (Lipinski definition) is 2. The second-order valence-electron chi connectivity index (χ2n) is 3.53. The third-order valence-electron chi connectivity index (χ3n) is 1.98. The summed E-state index contributed by atoms with van der Waals surface area (Å²) >= 11 is 0. The number of rotatable bonds is 5. The van der Waals surface area contributed by atoms with Gasteiger partial charge < -0.3 is 14.9 Å². The highest BCUT2D eigenvalue weighted by Crippen LogP contribution is 2.35. The van der Waals surface area contributed by atoms with Crippen LogP contribution in [0.25, 0.3) is 0 Å². The molecule has 0 aromatic heterocycles. The highest BCUT2D eigenvalue weighted by atomic mass is 16.5. The van der Waals surface area contributed by atoms with E-state index in [4.69, 9.17) is 14.9 Å². The van der Waals surface area contributed by atoms with Crippen LogP contribution in [-0.2, 0) is 19.1 Å². The maximum atomic E-state index is 10.9. The Labute approximate surface area is 105 Å². The van der Waals surface area contributed by atoms with Gasteiger partial charge in [0.05, 0.1) is 6.61 Å². The fourth-order valence-electron chi connectivity index (χ4n) is 0.965. The third-order valence-corrected chi connectivity index (χ3v) is 1.98. The van der Waals surface area contributed by atoms with Crippen molar-refractivity contribution in [2.24, 2.45) is 5.92 Å². The van der Waals surface area contributed by atoms with E-state index in [1.54, 1.807) is 6.92 Å². The Morgan fingerprint density at radius 2 is 1.67 bits per heavy atom. The monoisotopic (exact) mass is 256 g/mol. The average Bonchev–Trinajstić information content (AvgIpc) is 3.10. The molecule has 0 aromatic carbocycles. The number of esters is 1. The van der Waals surface area contributed by atoms with Gasteiger partial charge in [-0.1, -0.05) is 6.58 Å². The normalized spacial score (nSPS) is 13.4. The lowest BCUT2D eigenvalue weighted by Crippen LogP contribution is -2.07. The lowest BCUT2D eigenvalue weighted by atomic mass is 10.2. The lowest BCUT2D eigenvalue weighted by Gasteiger charge is -2.01.